The number of ether oxygens (including phenoxy) is 2. The fraction of sp³-hybridized carbons (Fsp3) is 0.200. The maximum atomic E-state index is 9.16. The number of methoxy groups -OCH3 is 1. The minimum absolute atomic E-state index is 0.252. The van der Waals surface area contributed by atoms with Crippen molar-refractivity contribution in [3.63, 3.8) is 0 Å². The molecule has 1 aromatic rings. The molecule has 0 unspecified atom stereocenters. The summed E-state index contributed by atoms with van der Waals surface area (Å²) in [5.41, 5.74) is 1.58. The summed E-state index contributed by atoms with van der Waals surface area (Å²) in [6.45, 7) is 0.259. The summed E-state index contributed by atoms with van der Waals surface area (Å²) >= 11 is 5.34. The molecule has 0 saturated heterocycles. The van der Waals surface area contributed by atoms with E-state index in [9.17, 15) is 0 Å². The highest BCUT2D eigenvalue weighted by molar-refractivity contribution is 6.59. The molecule has 0 amide bonds. The monoisotopic (exact) mass is 242 g/mol. The van der Waals surface area contributed by atoms with Crippen molar-refractivity contribution in [2.45, 2.75) is 0 Å². The van der Waals surface area contributed by atoms with Crippen molar-refractivity contribution in [2.24, 2.45) is 0 Å². The molecule has 86 valence electrons. The lowest BCUT2D eigenvalue weighted by molar-refractivity contribution is 0.359. The second kappa shape index (κ2) is 6.42. The van der Waals surface area contributed by atoms with E-state index in [0.717, 1.165) is 0 Å². The zero-order valence-electron chi connectivity index (χ0n) is 8.76. The molecule has 0 fully saturated rings. The van der Waals surface area contributed by atoms with Gasteiger partial charge in [0.25, 0.3) is 0 Å². The molecule has 1 rings (SSSR count). The van der Waals surface area contributed by atoms with Gasteiger partial charge in [-0.3, -0.25) is 0 Å². The second-order valence-corrected chi connectivity index (χ2v) is 3.20. The number of hydrogen-bond acceptors (Lipinski definition) is 4. The van der Waals surface area contributed by atoms with Gasteiger partial charge in [0.2, 0.25) is 0 Å². The van der Waals surface area contributed by atoms with E-state index in [-0.39, 0.29) is 12.1 Å². The number of benzene rings is 1. The first-order valence-electron chi connectivity index (χ1n) is 4.61. The third-order valence-electron chi connectivity index (χ3n) is 1.92. The Balaban J connectivity index is 2.89. The highest BCUT2D eigenvalue weighted by Crippen LogP contribution is 2.15. The van der Waals surface area contributed by atoms with Crippen LogP contribution in [0.5, 0.6) is 11.5 Å². The van der Waals surface area contributed by atoms with Crippen LogP contribution in [0.3, 0.4) is 0 Å². The average Bonchev–Trinajstić information content (AvgIpc) is 2.29. The molecule has 0 aliphatic heterocycles. The molecule has 1 aromatic carbocycles. The Labute approximate surface area is 99.2 Å². The first-order valence-corrected chi connectivity index (χ1v) is 5.04. The van der Waals surface area contributed by atoms with Crippen LogP contribution in [0.15, 0.2) is 29.8 Å². The van der Waals surface area contributed by atoms with Gasteiger partial charge in [0, 0.05) is 11.0 Å². The normalized spacial score (nSPS) is 10.5. The van der Waals surface area contributed by atoms with Crippen LogP contribution >= 0.6 is 11.6 Å². The van der Waals surface area contributed by atoms with Gasteiger partial charge < -0.3 is 19.5 Å². The number of halogens is 1. The van der Waals surface area contributed by atoms with Crippen molar-refractivity contribution in [3.8, 4) is 11.5 Å². The molecule has 0 atom stereocenters. The molecule has 16 heavy (non-hydrogen) atoms. The molecule has 0 aliphatic carbocycles. The molecule has 0 saturated carbocycles. The third kappa shape index (κ3) is 3.45. The number of hydrogen-bond donors (Lipinski definition) is 2. The van der Waals surface area contributed by atoms with E-state index in [1.165, 1.54) is 18.7 Å². The van der Waals surface area contributed by atoms with Crippen molar-refractivity contribution in [2.75, 3.05) is 13.7 Å². The molecule has 0 aliphatic rings. The summed E-state index contributed by atoms with van der Waals surface area (Å²) in [5.74, 6) is 0.911. The van der Waals surface area contributed by atoms with Gasteiger partial charge in [-0.1, -0.05) is 11.6 Å². The molecule has 0 radical (unpaired) electrons. The van der Waals surface area contributed by atoms with Crippen molar-refractivity contribution in [1.82, 2.24) is 0 Å². The van der Waals surface area contributed by atoms with Crippen LogP contribution in [0.4, 0.5) is 0 Å². The molecule has 2 N–H and O–H groups in total. The standard InChI is InChI=1S/C10H12BClO4/c1-15-8-3-4-10(16-6-2-5-12)9(7-8)11(13)14/h2-5,7,13-14H,6H2,1H3/b5-2+. The predicted molar refractivity (Wildman–Crippen MR) is 63.3 cm³/mol. The minimum Gasteiger partial charge on any atom is -0.497 e. The minimum atomic E-state index is -1.61. The smallest absolute Gasteiger partial charge is 0.492 e. The van der Waals surface area contributed by atoms with Gasteiger partial charge in [-0.25, -0.2) is 0 Å². The Morgan fingerprint density at radius 2 is 2.19 bits per heavy atom. The van der Waals surface area contributed by atoms with Crippen molar-refractivity contribution in [1.29, 1.82) is 0 Å². The first-order chi connectivity index (χ1) is 7.69. The summed E-state index contributed by atoms with van der Waals surface area (Å²) in [6.07, 6.45) is 1.60. The molecule has 0 bridgehead atoms. The van der Waals surface area contributed by atoms with E-state index >= 15 is 0 Å². The summed E-state index contributed by atoms with van der Waals surface area (Å²) in [5, 5.41) is 18.3. The third-order valence-corrected chi connectivity index (χ3v) is 2.10. The lowest BCUT2D eigenvalue weighted by Crippen LogP contribution is -2.31. The van der Waals surface area contributed by atoms with Crippen LogP contribution in [-0.4, -0.2) is 30.9 Å². The SMILES string of the molecule is COc1ccc(OC/C=C/Cl)c(B(O)O)c1. The van der Waals surface area contributed by atoms with Crippen molar-refractivity contribution in [3.05, 3.63) is 29.8 Å². The van der Waals surface area contributed by atoms with Gasteiger partial charge in [-0.15, -0.1) is 0 Å². The second-order valence-electron chi connectivity index (χ2n) is 2.95. The van der Waals surface area contributed by atoms with Gasteiger partial charge in [0.05, 0.1) is 7.11 Å². The van der Waals surface area contributed by atoms with Crippen molar-refractivity contribution >= 4 is 24.2 Å². The summed E-state index contributed by atoms with van der Waals surface area (Å²) < 4.78 is 10.3. The van der Waals surface area contributed by atoms with Gasteiger partial charge >= 0.3 is 7.12 Å². The van der Waals surface area contributed by atoms with Crippen LogP contribution in [0.2, 0.25) is 0 Å². The van der Waals surface area contributed by atoms with E-state index in [4.69, 9.17) is 31.1 Å². The highest BCUT2D eigenvalue weighted by atomic mass is 35.5. The molecule has 6 heteroatoms. The van der Waals surface area contributed by atoms with E-state index in [0.29, 0.717) is 11.5 Å². The molecular formula is C10H12BClO4. The van der Waals surface area contributed by atoms with Gasteiger partial charge in [-0.05, 0) is 24.3 Å². The van der Waals surface area contributed by atoms with Crippen LogP contribution in [0, 0.1) is 0 Å². The van der Waals surface area contributed by atoms with Crippen LogP contribution in [0.1, 0.15) is 0 Å². The summed E-state index contributed by atoms with van der Waals surface area (Å²) in [6, 6.07) is 4.78. The molecule has 0 heterocycles. The molecule has 4 nitrogen and oxygen atoms in total. The van der Waals surface area contributed by atoms with Gasteiger partial charge in [-0.2, -0.15) is 0 Å². The summed E-state index contributed by atoms with van der Waals surface area (Å²) in [4.78, 5) is 0. The highest BCUT2D eigenvalue weighted by Gasteiger charge is 2.17. The molecule has 0 spiro atoms. The predicted octanol–water partition coefficient (Wildman–Crippen LogP) is 0.506. The Morgan fingerprint density at radius 1 is 1.44 bits per heavy atom. The van der Waals surface area contributed by atoms with Gasteiger partial charge in [0.1, 0.15) is 18.1 Å². The average molecular weight is 242 g/mol. The Bertz CT molecular complexity index is 368. The lowest BCUT2D eigenvalue weighted by Gasteiger charge is -2.11. The van der Waals surface area contributed by atoms with Crippen LogP contribution in [0.25, 0.3) is 0 Å². The largest absolute Gasteiger partial charge is 0.497 e. The fourth-order valence-corrected chi connectivity index (χ4v) is 1.23. The lowest BCUT2D eigenvalue weighted by atomic mass is 9.79. The number of rotatable bonds is 5. The quantitative estimate of drug-likeness (QED) is 0.739. The molecular weight excluding hydrogens is 230 g/mol. The van der Waals surface area contributed by atoms with Crippen LogP contribution in [-0.2, 0) is 0 Å². The van der Waals surface area contributed by atoms with E-state index in [2.05, 4.69) is 0 Å². The maximum absolute atomic E-state index is 9.16. The zero-order valence-corrected chi connectivity index (χ0v) is 9.52. The van der Waals surface area contributed by atoms with E-state index in [1.807, 2.05) is 0 Å². The zero-order chi connectivity index (χ0) is 12.0. The Kier molecular flexibility index (Phi) is 5.18. The van der Waals surface area contributed by atoms with E-state index in [1.54, 1.807) is 18.2 Å². The van der Waals surface area contributed by atoms with Gasteiger partial charge in [0.15, 0.2) is 0 Å². The fourth-order valence-electron chi connectivity index (χ4n) is 1.16. The first kappa shape index (κ1) is 12.9. The van der Waals surface area contributed by atoms with Crippen LogP contribution < -0.4 is 14.9 Å². The maximum Gasteiger partial charge on any atom is 0.492 e. The topological polar surface area (TPSA) is 58.9 Å². The Hall–Kier alpha value is -1.17. The van der Waals surface area contributed by atoms with Crippen molar-refractivity contribution < 1.29 is 19.5 Å². The Morgan fingerprint density at radius 3 is 2.75 bits per heavy atom. The summed E-state index contributed by atoms with van der Waals surface area (Å²) in [7, 11) is -0.107. The molecule has 0 aromatic heterocycles. The van der Waals surface area contributed by atoms with E-state index < -0.39 is 7.12 Å².